The first-order chi connectivity index (χ1) is 15.7. The normalized spacial score (nSPS) is 11.9. The number of hydrogen-bond acceptors (Lipinski definition) is 3. The molecule has 2 aromatic carbocycles. The monoisotopic (exact) mass is 426 g/mol. The summed E-state index contributed by atoms with van der Waals surface area (Å²) in [4.78, 5) is 22.7. The van der Waals surface area contributed by atoms with E-state index < -0.39 is 0 Å². The number of amides is 1. The van der Waals surface area contributed by atoms with Gasteiger partial charge in [0.05, 0.1) is 0 Å². The zero-order valence-corrected chi connectivity index (χ0v) is 18.7. The first kappa shape index (κ1) is 21.6. The summed E-state index contributed by atoms with van der Waals surface area (Å²) in [7, 11) is 0. The minimum absolute atomic E-state index is 0.0313. The van der Waals surface area contributed by atoms with Gasteiger partial charge in [-0.15, -0.1) is 0 Å². The average Bonchev–Trinajstić information content (AvgIpc) is 3.28. The molecule has 0 aliphatic heterocycles. The number of carbonyl (C=O) groups is 1. The van der Waals surface area contributed by atoms with E-state index in [1.807, 2.05) is 36.4 Å². The Kier molecular flexibility index (Phi) is 6.85. The summed E-state index contributed by atoms with van der Waals surface area (Å²) in [6.07, 6.45) is 5.50. The van der Waals surface area contributed by atoms with Crippen LogP contribution in [0.15, 0.2) is 79.1 Å². The van der Waals surface area contributed by atoms with Crippen molar-refractivity contribution in [3.8, 4) is 11.3 Å². The number of rotatable bonds is 9. The van der Waals surface area contributed by atoms with Crippen LogP contribution in [0.3, 0.4) is 0 Å². The van der Waals surface area contributed by atoms with Crippen LogP contribution in [-0.4, -0.2) is 35.0 Å². The number of aromatic nitrogens is 2. The number of nitrogens with one attached hydrogen (secondary N) is 2. The van der Waals surface area contributed by atoms with E-state index in [4.69, 9.17) is 0 Å². The highest BCUT2D eigenvalue weighted by Crippen LogP contribution is 2.24. The lowest BCUT2D eigenvalue weighted by Crippen LogP contribution is -2.38. The Morgan fingerprint density at radius 1 is 1.03 bits per heavy atom. The molecule has 5 heteroatoms. The number of hydrogen-bond donors (Lipinski definition) is 2. The van der Waals surface area contributed by atoms with E-state index in [2.05, 4.69) is 64.4 Å². The Labute approximate surface area is 189 Å². The Morgan fingerprint density at radius 3 is 2.53 bits per heavy atom. The molecular weight excluding hydrogens is 396 g/mol. The zero-order chi connectivity index (χ0) is 22.3. The first-order valence-electron chi connectivity index (χ1n) is 11.3. The van der Waals surface area contributed by atoms with Gasteiger partial charge in [0.25, 0.3) is 5.91 Å². The van der Waals surface area contributed by atoms with Gasteiger partial charge in [0.15, 0.2) is 0 Å². The molecule has 4 aromatic rings. The predicted octanol–water partition coefficient (Wildman–Crippen LogP) is 5.65. The van der Waals surface area contributed by atoms with Gasteiger partial charge in [-0.25, -0.2) is 0 Å². The lowest BCUT2D eigenvalue weighted by molar-refractivity contribution is 0.0952. The maximum Gasteiger partial charge on any atom is 0.251 e. The van der Waals surface area contributed by atoms with Crippen molar-refractivity contribution in [3.63, 3.8) is 0 Å². The van der Waals surface area contributed by atoms with Crippen LogP contribution in [0.4, 0.5) is 5.69 Å². The first-order valence-corrected chi connectivity index (χ1v) is 11.3. The van der Waals surface area contributed by atoms with Gasteiger partial charge in [0, 0.05) is 64.9 Å². The van der Waals surface area contributed by atoms with Crippen molar-refractivity contribution in [1.82, 2.24) is 15.3 Å². The smallest absolute Gasteiger partial charge is 0.251 e. The summed E-state index contributed by atoms with van der Waals surface area (Å²) in [5.41, 5.74) is 5.02. The fourth-order valence-corrected chi connectivity index (χ4v) is 4.27. The number of carbonyl (C=O) groups excluding carboxylic acids is 1. The van der Waals surface area contributed by atoms with Crippen LogP contribution >= 0.6 is 0 Å². The third-order valence-corrected chi connectivity index (χ3v) is 5.98. The van der Waals surface area contributed by atoms with Crippen molar-refractivity contribution in [2.75, 3.05) is 18.0 Å². The lowest BCUT2D eigenvalue weighted by atomic mass is 10.1. The van der Waals surface area contributed by atoms with E-state index in [1.165, 1.54) is 5.69 Å². The van der Waals surface area contributed by atoms with Gasteiger partial charge in [-0.05, 0) is 68.3 Å². The molecule has 2 heterocycles. The van der Waals surface area contributed by atoms with E-state index in [0.29, 0.717) is 18.2 Å². The topological polar surface area (TPSA) is 61.0 Å². The van der Waals surface area contributed by atoms with Crippen molar-refractivity contribution in [3.05, 3.63) is 84.7 Å². The van der Waals surface area contributed by atoms with E-state index in [-0.39, 0.29) is 5.91 Å². The number of pyridine rings is 1. The molecule has 0 saturated heterocycles. The molecule has 2 aromatic heterocycles. The van der Waals surface area contributed by atoms with Gasteiger partial charge in [-0.3, -0.25) is 9.78 Å². The number of fused-ring (bicyclic) bond motifs is 1. The standard InChI is InChI=1S/C27H30N4O/c1-3-23(31(4-2)24-8-6-5-7-9-24)14-17-29-27(32)21-10-11-25-22(18-21)19-26(30-25)20-12-15-28-16-13-20/h5-13,15-16,18-19,23,30H,3-4,14,17H2,1-2H3,(H,29,32). The lowest BCUT2D eigenvalue weighted by Gasteiger charge is -2.32. The highest BCUT2D eigenvalue weighted by atomic mass is 16.1. The number of aromatic amines is 1. The largest absolute Gasteiger partial charge is 0.369 e. The van der Waals surface area contributed by atoms with Gasteiger partial charge < -0.3 is 15.2 Å². The minimum Gasteiger partial charge on any atom is -0.369 e. The zero-order valence-electron chi connectivity index (χ0n) is 18.7. The molecule has 2 N–H and O–H groups in total. The van der Waals surface area contributed by atoms with Crippen molar-refractivity contribution >= 4 is 22.5 Å². The average molecular weight is 427 g/mol. The number of nitrogens with zero attached hydrogens (tertiary/aromatic N) is 2. The maximum atomic E-state index is 12.8. The Hall–Kier alpha value is -3.60. The van der Waals surface area contributed by atoms with E-state index >= 15 is 0 Å². The Morgan fingerprint density at radius 2 is 1.81 bits per heavy atom. The highest BCUT2D eigenvalue weighted by Gasteiger charge is 2.16. The van der Waals surface area contributed by atoms with Crippen LogP contribution in [0.25, 0.3) is 22.2 Å². The van der Waals surface area contributed by atoms with Crippen molar-refractivity contribution < 1.29 is 4.79 Å². The molecule has 1 atom stereocenters. The SMILES string of the molecule is CCC(CCNC(=O)c1ccc2[nH]c(-c3ccncc3)cc2c1)N(CC)c1ccccc1. The summed E-state index contributed by atoms with van der Waals surface area (Å²) in [6.45, 7) is 5.98. The predicted molar refractivity (Wildman–Crippen MR) is 132 cm³/mol. The molecule has 164 valence electrons. The van der Waals surface area contributed by atoms with Crippen molar-refractivity contribution in [2.45, 2.75) is 32.7 Å². The fraction of sp³-hybridized carbons (Fsp3) is 0.259. The second-order valence-electron chi connectivity index (χ2n) is 7.95. The second-order valence-corrected chi connectivity index (χ2v) is 7.95. The highest BCUT2D eigenvalue weighted by molar-refractivity contribution is 5.99. The molecule has 0 saturated carbocycles. The summed E-state index contributed by atoms with van der Waals surface area (Å²) in [5.74, 6) is -0.0313. The summed E-state index contributed by atoms with van der Waals surface area (Å²) in [6, 6.07) is 22.7. The molecule has 0 aliphatic carbocycles. The van der Waals surface area contributed by atoms with Gasteiger partial charge in [0.2, 0.25) is 0 Å². The fourth-order valence-electron chi connectivity index (χ4n) is 4.27. The quantitative estimate of drug-likeness (QED) is 0.363. The number of anilines is 1. The third kappa shape index (κ3) is 4.83. The Balaban J connectivity index is 1.40. The Bertz CT molecular complexity index is 1150. The van der Waals surface area contributed by atoms with Crippen molar-refractivity contribution in [1.29, 1.82) is 0 Å². The number of benzene rings is 2. The molecule has 0 radical (unpaired) electrons. The molecule has 1 amide bonds. The summed E-state index contributed by atoms with van der Waals surface area (Å²) < 4.78 is 0. The maximum absolute atomic E-state index is 12.8. The third-order valence-electron chi connectivity index (χ3n) is 5.98. The van der Waals surface area contributed by atoms with Gasteiger partial charge in [-0.1, -0.05) is 25.1 Å². The molecule has 0 spiro atoms. The molecule has 0 bridgehead atoms. The molecule has 1 unspecified atom stereocenters. The van der Waals surface area contributed by atoms with Gasteiger partial charge in [0.1, 0.15) is 0 Å². The van der Waals surface area contributed by atoms with Gasteiger partial charge >= 0.3 is 0 Å². The van der Waals surface area contributed by atoms with Crippen LogP contribution in [0.1, 0.15) is 37.0 Å². The molecule has 0 aliphatic rings. The number of para-hydroxylation sites is 1. The molecule has 32 heavy (non-hydrogen) atoms. The second kappa shape index (κ2) is 10.1. The molecular formula is C27H30N4O. The van der Waals surface area contributed by atoms with Crippen LogP contribution in [-0.2, 0) is 0 Å². The van der Waals surface area contributed by atoms with Crippen LogP contribution in [0, 0.1) is 0 Å². The van der Waals surface area contributed by atoms with Crippen molar-refractivity contribution in [2.24, 2.45) is 0 Å². The van der Waals surface area contributed by atoms with Crippen LogP contribution in [0.5, 0.6) is 0 Å². The summed E-state index contributed by atoms with van der Waals surface area (Å²) in [5, 5.41) is 4.14. The van der Waals surface area contributed by atoms with Crippen LogP contribution < -0.4 is 10.2 Å². The molecule has 0 fully saturated rings. The van der Waals surface area contributed by atoms with E-state index in [1.54, 1.807) is 12.4 Å². The molecule has 5 nitrogen and oxygen atoms in total. The molecule has 4 rings (SSSR count). The van der Waals surface area contributed by atoms with E-state index in [9.17, 15) is 4.79 Å². The summed E-state index contributed by atoms with van der Waals surface area (Å²) >= 11 is 0. The van der Waals surface area contributed by atoms with Crippen LogP contribution in [0.2, 0.25) is 0 Å². The van der Waals surface area contributed by atoms with Gasteiger partial charge in [-0.2, -0.15) is 0 Å². The minimum atomic E-state index is -0.0313. The number of H-pyrrole nitrogens is 1. The van der Waals surface area contributed by atoms with E-state index in [0.717, 1.165) is 41.5 Å².